The number of carboxylic acid groups (broad SMARTS) is 1. The second-order valence-corrected chi connectivity index (χ2v) is 10.5. The summed E-state index contributed by atoms with van der Waals surface area (Å²) in [6.07, 6.45) is 2.78. The lowest BCUT2D eigenvalue weighted by Gasteiger charge is -2.46. The zero-order valence-corrected chi connectivity index (χ0v) is 20.1. The molecule has 7 nitrogen and oxygen atoms in total. The van der Waals surface area contributed by atoms with Crippen LogP contribution in [0, 0.1) is 10.8 Å². The summed E-state index contributed by atoms with van der Waals surface area (Å²) in [5.41, 5.74) is 3.29. The van der Waals surface area contributed by atoms with Crippen molar-refractivity contribution in [2.24, 2.45) is 10.8 Å². The zero-order chi connectivity index (χ0) is 24.6. The lowest BCUT2D eigenvalue weighted by atomic mass is 9.67. The largest absolute Gasteiger partial charge is 0.481 e. The van der Waals surface area contributed by atoms with Crippen LogP contribution >= 0.6 is 0 Å². The molecule has 1 saturated carbocycles. The van der Waals surface area contributed by atoms with Crippen LogP contribution in [-0.4, -0.2) is 54.2 Å². The molecule has 5 rings (SSSR count). The summed E-state index contributed by atoms with van der Waals surface area (Å²) in [4.78, 5) is 39.3. The zero-order valence-electron chi connectivity index (χ0n) is 20.1. The van der Waals surface area contributed by atoms with Crippen molar-refractivity contribution in [1.82, 2.24) is 10.2 Å². The quantitative estimate of drug-likeness (QED) is 0.644. The predicted octanol–water partition coefficient (Wildman–Crippen LogP) is 4.41. The van der Waals surface area contributed by atoms with Gasteiger partial charge in [0.1, 0.15) is 6.61 Å². The van der Waals surface area contributed by atoms with Crippen LogP contribution in [0.3, 0.4) is 0 Å². The number of fused-ring (bicyclic) bond motifs is 3. The lowest BCUT2D eigenvalue weighted by Crippen LogP contribution is -2.56. The third-order valence-corrected chi connectivity index (χ3v) is 8.35. The number of carbonyl (C=O) groups is 3. The molecular weight excluding hydrogens is 444 g/mol. The first kappa shape index (κ1) is 23.4. The molecule has 2 N–H and O–H groups in total. The van der Waals surface area contributed by atoms with Crippen LogP contribution in [0.5, 0.6) is 0 Å². The fourth-order valence-corrected chi connectivity index (χ4v) is 5.71. The van der Waals surface area contributed by atoms with E-state index in [4.69, 9.17) is 4.74 Å². The van der Waals surface area contributed by atoms with Crippen LogP contribution in [0.4, 0.5) is 4.79 Å². The van der Waals surface area contributed by atoms with Gasteiger partial charge in [-0.3, -0.25) is 9.59 Å². The van der Waals surface area contributed by atoms with E-state index in [0.717, 1.165) is 30.4 Å². The average Bonchev–Trinajstić information content (AvgIpc) is 3.16. The Morgan fingerprint density at radius 2 is 1.54 bits per heavy atom. The van der Waals surface area contributed by atoms with Gasteiger partial charge in [-0.05, 0) is 54.9 Å². The maximum atomic E-state index is 13.3. The van der Waals surface area contributed by atoms with E-state index in [2.05, 4.69) is 29.6 Å². The number of rotatable bonds is 6. The van der Waals surface area contributed by atoms with Gasteiger partial charge in [0.15, 0.2) is 0 Å². The monoisotopic (exact) mass is 476 g/mol. The van der Waals surface area contributed by atoms with Crippen LogP contribution in [0.1, 0.15) is 56.1 Å². The summed E-state index contributed by atoms with van der Waals surface area (Å²) >= 11 is 0. The molecule has 1 heterocycles. The van der Waals surface area contributed by atoms with Gasteiger partial charge >= 0.3 is 12.1 Å². The highest BCUT2D eigenvalue weighted by molar-refractivity contribution is 5.85. The number of nitrogens with zero attached hydrogens (tertiary/aromatic N) is 1. The number of amides is 2. The van der Waals surface area contributed by atoms with E-state index < -0.39 is 22.9 Å². The van der Waals surface area contributed by atoms with Crippen LogP contribution in [0.2, 0.25) is 0 Å². The Morgan fingerprint density at radius 1 is 0.971 bits per heavy atom. The van der Waals surface area contributed by atoms with E-state index in [9.17, 15) is 19.5 Å². The van der Waals surface area contributed by atoms with E-state index in [0.29, 0.717) is 25.9 Å². The molecule has 2 aromatic rings. The molecule has 0 radical (unpaired) electrons. The van der Waals surface area contributed by atoms with E-state index in [1.165, 1.54) is 11.1 Å². The van der Waals surface area contributed by atoms with E-state index >= 15 is 0 Å². The second-order valence-electron chi connectivity index (χ2n) is 10.5. The molecule has 35 heavy (non-hydrogen) atoms. The second kappa shape index (κ2) is 9.02. The van der Waals surface area contributed by atoms with Crippen molar-refractivity contribution < 1.29 is 24.2 Å². The summed E-state index contributed by atoms with van der Waals surface area (Å²) in [5.74, 6) is -0.792. The number of alkyl carbamates (subject to hydrolysis) is 1. The summed E-state index contributed by atoms with van der Waals surface area (Å²) in [6.45, 7) is 3.10. The Balaban J connectivity index is 1.18. The maximum absolute atomic E-state index is 13.3. The Hall–Kier alpha value is -3.35. The topological polar surface area (TPSA) is 95.9 Å². The molecule has 2 aliphatic carbocycles. The first-order chi connectivity index (χ1) is 16.8. The fraction of sp³-hybridized carbons (Fsp3) is 0.464. The van der Waals surface area contributed by atoms with Gasteiger partial charge in [-0.25, -0.2) is 4.79 Å². The molecule has 1 saturated heterocycles. The van der Waals surface area contributed by atoms with Crippen LogP contribution in [0.25, 0.3) is 11.1 Å². The van der Waals surface area contributed by atoms with Crippen molar-refractivity contribution in [2.75, 3.05) is 26.2 Å². The van der Waals surface area contributed by atoms with Gasteiger partial charge in [0.2, 0.25) is 5.91 Å². The number of aliphatic carboxylic acids is 1. The van der Waals surface area contributed by atoms with E-state index in [1.807, 2.05) is 24.3 Å². The van der Waals surface area contributed by atoms with Crippen LogP contribution < -0.4 is 5.32 Å². The van der Waals surface area contributed by atoms with Crippen molar-refractivity contribution in [3.05, 3.63) is 59.7 Å². The molecular formula is C28H32N2O5. The van der Waals surface area contributed by atoms with Gasteiger partial charge in [0, 0.05) is 25.6 Å². The number of ether oxygens (including phenoxy) is 1. The van der Waals surface area contributed by atoms with Gasteiger partial charge in [-0.2, -0.15) is 0 Å². The highest BCUT2D eigenvalue weighted by atomic mass is 16.5. The van der Waals surface area contributed by atoms with Gasteiger partial charge < -0.3 is 20.1 Å². The number of piperidine rings is 1. The molecule has 2 amide bonds. The average molecular weight is 477 g/mol. The summed E-state index contributed by atoms with van der Waals surface area (Å²) < 4.78 is 5.64. The van der Waals surface area contributed by atoms with Gasteiger partial charge in [-0.1, -0.05) is 55.0 Å². The van der Waals surface area contributed by atoms with Crippen molar-refractivity contribution in [3.63, 3.8) is 0 Å². The van der Waals surface area contributed by atoms with E-state index in [1.54, 1.807) is 11.8 Å². The van der Waals surface area contributed by atoms with Crippen LogP contribution in [0.15, 0.2) is 48.5 Å². The maximum Gasteiger partial charge on any atom is 0.407 e. The highest BCUT2D eigenvalue weighted by Crippen LogP contribution is 2.45. The highest BCUT2D eigenvalue weighted by Gasteiger charge is 2.48. The Morgan fingerprint density at radius 3 is 2.06 bits per heavy atom. The molecule has 184 valence electrons. The molecule has 0 unspecified atom stereocenters. The van der Waals surface area contributed by atoms with Gasteiger partial charge in [-0.15, -0.1) is 0 Å². The number of nitrogens with one attached hydrogen (secondary N) is 1. The number of carbonyl (C=O) groups excluding carboxylic acids is 2. The molecule has 2 aromatic carbocycles. The Kier molecular flexibility index (Phi) is 6.03. The van der Waals surface area contributed by atoms with Crippen molar-refractivity contribution in [3.8, 4) is 11.1 Å². The standard InChI is InChI=1S/C28H32N2O5/c1-27(25(32)33)13-15-30(16-14-27)24(31)28(11-6-12-28)18-29-26(34)35-17-23-21-9-4-2-7-19(21)20-8-3-5-10-22(20)23/h2-5,7-10,23H,6,11-18H2,1H3,(H,29,34)(H,32,33). The smallest absolute Gasteiger partial charge is 0.407 e. The van der Waals surface area contributed by atoms with Crippen LogP contribution in [-0.2, 0) is 14.3 Å². The normalized spacial score (nSPS) is 19.7. The Bertz CT molecular complexity index is 1100. The number of carboxylic acids is 1. The van der Waals surface area contributed by atoms with Crippen molar-refractivity contribution in [2.45, 2.75) is 44.9 Å². The molecule has 3 aliphatic rings. The first-order valence-electron chi connectivity index (χ1n) is 12.4. The Labute approximate surface area is 205 Å². The lowest BCUT2D eigenvalue weighted by molar-refractivity contribution is -0.157. The molecule has 0 atom stereocenters. The van der Waals surface area contributed by atoms with Crippen molar-refractivity contribution in [1.29, 1.82) is 0 Å². The third kappa shape index (κ3) is 4.17. The van der Waals surface area contributed by atoms with E-state index in [-0.39, 0.29) is 25.0 Å². The molecule has 0 spiro atoms. The summed E-state index contributed by atoms with van der Waals surface area (Å²) in [5, 5.41) is 12.3. The van der Waals surface area contributed by atoms with Gasteiger partial charge in [0.25, 0.3) is 0 Å². The predicted molar refractivity (Wildman–Crippen MR) is 131 cm³/mol. The van der Waals surface area contributed by atoms with Gasteiger partial charge in [0.05, 0.1) is 10.8 Å². The summed E-state index contributed by atoms with van der Waals surface area (Å²) in [7, 11) is 0. The number of likely N-dealkylation sites (tertiary alicyclic amines) is 1. The van der Waals surface area contributed by atoms with Crippen molar-refractivity contribution >= 4 is 18.0 Å². The molecule has 0 aromatic heterocycles. The fourth-order valence-electron chi connectivity index (χ4n) is 5.71. The molecule has 2 fully saturated rings. The number of hydrogen-bond acceptors (Lipinski definition) is 4. The summed E-state index contributed by atoms with van der Waals surface area (Å²) in [6, 6.07) is 16.4. The minimum absolute atomic E-state index is 0.00987. The number of benzene rings is 2. The number of hydrogen-bond donors (Lipinski definition) is 2. The minimum Gasteiger partial charge on any atom is -0.481 e. The first-order valence-corrected chi connectivity index (χ1v) is 12.4. The molecule has 1 aliphatic heterocycles. The SMILES string of the molecule is CC1(C(=O)O)CCN(C(=O)C2(CNC(=O)OCC3c4ccccc4-c4ccccc43)CCC2)CC1. The minimum atomic E-state index is -0.806. The molecule has 7 heteroatoms. The third-order valence-electron chi connectivity index (χ3n) is 8.35. The molecule has 0 bridgehead atoms.